The highest BCUT2D eigenvalue weighted by Crippen LogP contribution is 2.36. The molecule has 54 valence electrons. The van der Waals surface area contributed by atoms with Crippen molar-refractivity contribution in [1.29, 1.82) is 0 Å². The summed E-state index contributed by atoms with van der Waals surface area (Å²) in [6.45, 7) is 0. The van der Waals surface area contributed by atoms with Crippen LogP contribution in [-0.4, -0.2) is 17.7 Å². The van der Waals surface area contributed by atoms with Crippen LogP contribution < -0.4 is 0 Å². The van der Waals surface area contributed by atoms with Gasteiger partial charge in [0.2, 0.25) is 6.43 Å². The van der Waals surface area contributed by atoms with Crippen LogP contribution >= 0.6 is 11.8 Å². The van der Waals surface area contributed by atoms with Crippen molar-refractivity contribution in [3.63, 3.8) is 0 Å². The minimum atomic E-state index is -2.48. The summed E-state index contributed by atoms with van der Waals surface area (Å²) in [6, 6.07) is 0. The number of halogens is 3. The highest BCUT2D eigenvalue weighted by atomic mass is 32.2. The Hall–Kier alpha value is 0.140. The predicted octanol–water partition coefficient (Wildman–Crippen LogP) is 2.30. The van der Waals surface area contributed by atoms with Crippen LogP contribution in [0.1, 0.15) is 6.42 Å². The second kappa shape index (κ2) is 2.82. The van der Waals surface area contributed by atoms with E-state index >= 15 is 0 Å². The van der Waals surface area contributed by atoms with Gasteiger partial charge in [-0.3, -0.25) is 0 Å². The molecule has 1 aliphatic heterocycles. The average Bonchev–Trinajstić information content (AvgIpc) is 2.13. The lowest BCUT2D eigenvalue weighted by Gasteiger charge is -2.08. The summed E-state index contributed by atoms with van der Waals surface area (Å²) in [6.07, 6.45) is -2.15. The predicted molar refractivity (Wildman–Crippen MR) is 31.5 cm³/mol. The summed E-state index contributed by atoms with van der Waals surface area (Å²) in [5.41, 5.74) is -1.33. The van der Waals surface area contributed by atoms with Crippen LogP contribution in [0, 0.1) is 5.92 Å². The van der Waals surface area contributed by atoms with Gasteiger partial charge in [-0.05, 0) is 12.2 Å². The minimum absolute atomic E-state index is 0.323. The Bertz CT molecular complexity index is 96.2. The van der Waals surface area contributed by atoms with Gasteiger partial charge in [0, 0.05) is 0 Å². The quantitative estimate of drug-likeness (QED) is 0.561. The van der Waals surface area contributed by atoms with Crippen LogP contribution in [0.3, 0.4) is 0 Å². The number of hydrogen-bond donors (Lipinski definition) is 0. The molecule has 0 aromatic rings. The monoisotopic (exact) mass is 156 g/mol. The first-order chi connectivity index (χ1) is 4.22. The maximum atomic E-state index is 12.3. The van der Waals surface area contributed by atoms with Crippen LogP contribution in [0.15, 0.2) is 0 Å². The summed E-state index contributed by atoms with van der Waals surface area (Å²) in [5, 5.41) is 0. The molecule has 1 heterocycles. The molecule has 9 heavy (non-hydrogen) atoms. The molecule has 1 aliphatic rings. The zero-order valence-electron chi connectivity index (χ0n) is 4.69. The molecule has 0 bridgehead atoms. The lowest BCUT2D eigenvalue weighted by atomic mass is 10.1. The minimum Gasteiger partial charge on any atom is -0.235 e. The van der Waals surface area contributed by atoms with E-state index in [0.29, 0.717) is 12.2 Å². The standard InChI is InChI=1S/C5H7F3S/c6-4(7)3-1-2-9-5(3)8/h3-5H,1-2H2. The Balaban J connectivity index is 2.40. The number of thioether (sulfide) groups is 1. The maximum absolute atomic E-state index is 12.3. The van der Waals surface area contributed by atoms with E-state index in [2.05, 4.69) is 0 Å². The van der Waals surface area contributed by atoms with E-state index in [1.54, 1.807) is 0 Å². The second-order valence-corrected chi connectivity index (χ2v) is 3.20. The third-order valence-corrected chi connectivity index (χ3v) is 2.53. The topological polar surface area (TPSA) is 0 Å². The fraction of sp³-hybridized carbons (Fsp3) is 1.00. The molecule has 0 aliphatic carbocycles. The summed E-state index contributed by atoms with van der Waals surface area (Å²) in [4.78, 5) is 0. The molecule has 2 atom stereocenters. The maximum Gasteiger partial charge on any atom is 0.245 e. The summed E-state index contributed by atoms with van der Waals surface area (Å²) >= 11 is 0.987. The van der Waals surface area contributed by atoms with Gasteiger partial charge in [-0.15, -0.1) is 11.8 Å². The highest BCUT2D eigenvalue weighted by Gasteiger charge is 2.34. The van der Waals surface area contributed by atoms with Crippen molar-refractivity contribution in [3.8, 4) is 0 Å². The normalized spacial score (nSPS) is 36.0. The molecular formula is C5H7F3S. The summed E-state index contributed by atoms with van der Waals surface area (Å²) in [7, 11) is 0. The lowest BCUT2D eigenvalue weighted by Crippen LogP contribution is -2.15. The van der Waals surface area contributed by atoms with Gasteiger partial charge in [0.1, 0.15) is 0 Å². The van der Waals surface area contributed by atoms with Crippen LogP contribution in [0.4, 0.5) is 13.2 Å². The third-order valence-electron chi connectivity index (χ3n) is 1.39. The van der Waals surface area contributed by atoms with Crippen molar-refractivity contribution in [2.45, 2.75) is 18.3 Å². The molecular weight excluding hydrogens is 149 g/mol. The first-order valence-electron chi connectivity index (χ1n) is 2.75. The van der Waals surface area contributed by atoms with E-state index < -0.39 is 17.8 Å². The molecule has 0 spiro atoms. The smallest absolute Gasteiger partial charge is 0.235 e. The van der Waals surface area contributed by atoms with Crippen molar-refractivity contribution in [3.05, 3.63) is 0 Å². The Morgan fingerprint density at radius 3 is 2.33 bits per heavy atom. The lowest BCUT2D eigenvalue weighted by molar-refractivity contribution is 0.0571. The van der Waals surface area contributed by atoms with Gasteiger partial charge in [0.25, 0.3) is 0 Å². The SMILES string of the molecule is FC(F)C1CCSC1F. The third kappa shape index (κ3) is 1.53. The van der Waals surface area contributed by atoms with Crippen molar-refractivity contribution in [2.75, 3.05) is 5.75 Å². The molecule has 0 nitrogen and oxygen atoms in total. The van der Waals surface area contributed by atoms with E-state index in [4.69, 9.17) is 0 Å². The Morgan fingerprint density at radius 2 is 2.11 bits per heavy atom. The van der Waals surface area contributed by atoms with Gasteiger partial charge >= 0.3 is 0 Å². The van der Waals surface area contributed by atoms with Gasteiger partial charge in [-0.25, -0.2) is 13.2 Å². The average molecular weight is 156 g/mol. The summed E-state index contributed by atoms with van der Waals surface area (Å²) in [5.74, 6) is -0.467. The molecule has 4 heteroatoms. The van der Waals surface area contributed by atoms with Gasteiger partial charge in [-0.1, -0.05) is 0 Å². The highest BCUT2D eigenvalue weighted by molar-refractivity contribution is 8.00. The van der Waals surface area contributed by atoms with Crippen LogP contribution in [0.2, 0.25) is 0 Å². The number of hydrogen-bond acceptors (Lipinski definition) is 1. The molecule has 0 radical (unpaired) electrons. The van der Waals surface area contributed by atoms with E-state index in [-0.39, 0.29) is 0 Å². The van der Waals surface area contributed by atoms with E-state index in [1.165, 1.54) is 0 Å². The zero-order chi connectivity index (χ0) is 6.85. The van der Waals surface area contributed by atoms with Crippen LogP contribution in [-0.2, 0) is 0 Å². The van der Waals surface area contributed by atoms with Crippen molar-refractivity contribution in [1.82, 2.24) is 0 Å². The fourth-order valence-electron chi connectivity index (χ4n) is 0.812. The largest absolute Gasteiger partial charge is 0.245 e. The summed E-state index contributed by atoms with van der Waals surface area (Å²) < 4.78 is 35.8. The molecule has 0 saturated carbocycles. The molecule has 0 amide bonds. The zero-order valence-corrected chi connectivity index (χ0v) is 5.50. The molecule has 1 rings (SSSR count). The molecule has 0 aromatic heterocycles. The van der Waals surface area contributed by atoms with Crippen LogP contribution in [0.25, 0.3) is 0 Å². The van der Waals surface area contributed by atoms with Crippen molar-refractivity contribution in [2.24, 2.45) is 5.92 Å². The molecule has 0 aromatic carbocycles. The van der Waals surface area contributed by atoms with E-state index in [1.807, 2.05) is 0 Å². The Kier molecular flexibility index (Phi) is 2.27. The van der Waals surface area contributed by atoms with Crippen LogP contribution in [0.5, 0.6) is 0 Å². The fourth-order valence-corrected chi connectivity index (χ4v) is 1.95. The van der Waals surface area contributed by atoms with E-state index in [9.17, 15) is 13.2 Å². The second-order valence-electron chi connectivity index (χ2n) is 2.01. The Labute approximate surface area is 55.8 Å². The molecule has 0 N–H and O–H groups in total. The first kappa shape index (κ1) is 7.25. The first-order valence-corrected chi connectivity index (χ1v) is 3.80. The molecule has 2 unspecified atom stereocenters. The number of rotatable bonds is 1. The number of alkyl halides is 3. The van der Waals surface area contributed by atoms with Gasteiger partial charge in [0.15, 0.2) is 5.50 Å². The van der Waals surface area contributed by atoms with Gasteiger partial charge in [-0.2, -0.15) is 0 Å². The molecule has 1 fully saturated rings. The van der Waals surface area contributed by atoms with E-state index in [0.717, 1.165) is 11.8 Å². The van der Waals surface area contributed by atoms with Gasteiger partial charge < -0.3 is 0 Å². The molecule has 1 saturated heterocycles. The van der Waals surface area contributed by atoms with Crippen molar-refractivity contribution < 1.29 is 13.2 Å². The van der Waals surface area contributed by atoms with Gasteiger partial charge in [0.05, 0.1) is 5.92 Å². The van der Waals surface area contributed by atoms with Crippen molar-refractivity contribution >= 4 is 11.8 Å². The Morgan fingerprint density at radius 1 is 1.44 bits per heavy atom.